The van der Waals surface area contributed by atoms with Crippen LogP contribution in [0.5, 0.6) is 0 Å². The van der Waals surface area contributed by atoms with Crippen LogP contribution in [0.25, 0.3) is 0 Å². The SMILES string of the molecule is CCCNCc1nnc(N2CCCN(C)CC2CC)o1. The van der Waals surface area contributed by atoms with Crippen molar-refractivity contribution < 1.29 is 4.42 Å². The summed E-state index contributed by atoms with van der Waals surface area (Å²) < 4.78 is 5.82. The Morgan fingerprint density at radius 3 is 2.90 bits per heavy atom. The van der Waals surface area contributed by atoms with Crippen LogP contribution in [0.2, 0.25) is 0 Å². The van der Waals surface area contributed by atoms with Crippen LogP contribution in [0.1, 0.15) is 39.0 Å². The highest BCUT2D eigenvalue weighted by atomic mass is 16.4. The third kappa shape index (κ3) is 3.93. The molecule has 1 N–H and O–H groups in total. The van der Waals surface area contributed by atoms with Crippen LogP contribution in [0.3, 0.4) is 0 Å². The van der Waals surface area contributed by atoms with Gasteiger partial charge in [-0.3, -0.25) is 0 Å². The monoisotopic (exact) mass is 281 g/mol. The Kier molecular flexibility index (Phi) is 5.79. The normalized spacial score (nSPS) is 21.1. The van der Waals surface area contributed by atoms with Crippen molar-refractivity contribution in [3.63, 3.8) is 0 Å². The van der Waals surface area contributed by atoms with Gasteiger partial charge < -0.3 is 19.5 Å². The zero-order chi connectivity index (χ0) is 14.4. The Bertz CT molecular complexity index is 395. The summed E-state index contributed by atoms with van der Waals surface area (Å²) in [6.07, 6.45) is 3.34. The lowest BCUT2D eigenvalue weighted by Gasteiger charge is -2.28. The van der Waals surface area contributed by atoms with Crippen LogP contribution in [0.15, 0.2) is 4.42 Å². The molecule has 1 atom stereocenters. The fourth-order valence-electron chi connectivity index (χ4n) is 2.65. The number of hydrogen-bond acceptors (Lipinski definition) is 6. The fraction of sp³-hybridized carbons (Fsp3) is 0.857. The number of hydrogen-bond donors (Lipinski definition) is 1. The zero-order valence-corrected chi connectivity index (χ0v) is 12.9. The van der Waals surface area contributed by atoms with E-state index in [-0.39, 0.29) is 0 Å². The summed E-state index contributed by atoms with van der Waals surface area (Å²) in [6.45, 7) is 9.18. The summed E-state index contributed by atoms with van der Waals surface area (Å²) in [4.78, 5) is 4.66. The lowest BCUT2D eigenvalue weighted by Crippen LogP contribution is -2.40. The minimum absolute atomic E-state index is 0.458. The first kappa shape index (κ1) is 15.3. The maximum absolute atomic E-state index is 5.82. The summed E-state index contributed by atoms with van der Waals surface area (Å²) in [7, 11) is 2.18. The number of anilines is 1. The molecule has 0 bridgehead atoms. The van der Waals surface area contributed by atoms with Crippen molar-refractivity contribution in [2.45, 2.75) is 45.7 Å². The van der Waals surface area contributed by atoms with Gasteiger partial charge in [-0.25, -0.2) is 0 Å². The van der Waals surface area contributed by atoms with Gasteiger partial charge in [-0.05, 0) is 39.4 Å². The third-order valence-electron chi connectivity index (χ3n) is 3.78. The van der Waals surface area contributed by atoms with Crippen molar-refractivity contribution in [3.8, 4) is 0 Å². The molecule has 114 valence electrons. The van der Waals surface area contributed by atoms with E-state index in [1.165, 1.54) is 0 Å². The molecule has 6 heteroatoms. The molecule has 2 heterocycles. The van der Waals surface area contributed by atoms with E-state index in [0.717, 1.165) is 45.4 Å². The summed E-state index contributed by atoms with van der Waals surface area (Å²) in [6, 6.07) is 1.14. The van der Waals surface area contributed by atoms with Gasteiger partial charge in [0.2, 0.25) is 5.89 Å². The molecular formula is C14H27N5O. The smallest absolute Gasteiger partial charge is 0.318 e. The molecule has 1 aliphatic rings. The van der Waals surface area contributed by atoms with Crippen molar-refractivity contribution >= 4 is 6.01 Å². The Hall–Kier alpha value is -1.14. The van der Waals surface area contributed by atoms with Gasteiger partial charge in [-0.1, -0.05) is 18.9 Å². The topological polar surface area (TPSA) is 57.4 Å². The van der Waals surface area contributed by atoms with Crippen LogP contribution in [0, 0.1) is 0 Å². The molecule has 6 nitrogen and oxygen atoms in total. The minimum Gasteiger partial charge on any atom is -0.407 e. The highest BCUT2D eigenvalue weighted by Crippen LogP contribution is 2.20. The van der Waals surface area contributed by atoms with Gasteiger partial charge in [0.05, 0.1) is 6.54 Å². The van der Waals surface area contributed by atoms with Crippen molar-refractivity contribution in [1.82, 2.24) is 20.4 Å². The standard InChI is InChI=1S/C14H27N5O/c1-4-7-15-10-13-16-17-14(20-13)19-9-6-8-18(3)11-12(19)5-2/h12,15H,4-11H2,1-3H3. The molecule has 0 aromatic carbocycles. The van der Waals surface area contributed by atoms with E-state index < -0.39 is 0 Å². The lowest BCUT2D eigenvalue weighted by molar-refractivity contribution is 0.324. The largest absolute Gasteiger partial charge is 0.407 e. The van der Waals surface area contributed by atoms with Gasteiger partial charge >= 0.3 is 6.01 Å². The van der Waals surface area contributed by atoms with Gasteiger partial charge in [-0.15, -0.1) is 5.10 Å². The van der Waals surface area contributed by atoms with E-state index in [1.54, 1.807) is 0 Å². The molecule has 0 spiro atoms. The van der Waals surface area contributed by atoms with Crippen molar-refractivity contribution in [2.24, 2.45) is 0 Å². The summed E-state index contributed by atoms with van der Waals surface area (Å²) >= 11 is 0. The molecular weight excluding hydrogens is 254 g/mol. The van der Waals surface area contributed by atoms with Crippen molar-refractivity contribution in [2.75, 3.05) is 38.1 Å². The van der Waals surface area contributed by atoms with Crippen LogP contribution >= 0.6 is 0 Å². The fourth-order valence-corrected chi connectivity index (χ4v) is 2.65. The molecule has 0 radical (unpaired) electrons. The van der Waals surface area contributed by atoms with E-state index in [0.29, 0.717) is 24.5 Å². The molecule has 20 heavy (non-hydrogen) atoms. The molecule has 1 aromatic rings. The first-order valence-electron chi connectivity index (χ1n) is 7.72. The molecule has 1 unspecified atom stereocenters. The highest BCUT2D eigenvalue weighted by Gasteiger charge is 2.25. The maximum atomic E-state index is 5.82. The van der Waals surface area contributed by atoms with Gasteiger partial charge in [0.1, 0.15) is 0 Å². The Balaban J connectivity index is 2.01. The van der Waals surface area contributed by atoms with Crippen molar-refractivity contribution in [1.29, 1.82) is 0 Å². The average Bonchev–Trinajstić information content (AvgIpc) is 2.82. The van der Waals surface area contributed by atoms with Crippen LogP contribution in [0.4, 0.5) is 6.01 Å². The second-order valence-electron chi connectivity index (χ2n) is 5.53. The van der Waals surface area contributed by atoms with Crippen molar-refractivity contribution in [3.05, 3.63) is 5.89 Å². The van der Waals surface area contributed by atoms with E-state index >= 15 is 0 Å². The van der Waals surface area contributed by atoms with Crippen LogP contribution < -0.4 is 10.2 Å². The predicted molar refractivity (Wildman–Crippen MR) is 79.8 cm³/mol. The molecule has 1 aromatic heterocycles. The van der Waals surface area contributed by atoms with Gasteiger partial charge in [0.15, 0.2) is 0 Å². The first-order chi connectivity index (χ1) is 9.74. The first-order valence-corrected chi connectivity index (χ1v) is 7.72. The summed E-state index contributed by atoms with van der Waals surface area (Å²) in [5.74, 6) is 0.681. The van der Waals surface area contributed by atoms with Crippen LogP contribution in [-0.2, 0) is 6.54 Å². The quantitative estimate of drug-likeness (QED) is 0.797. The average molecular weight is 281 g/mol. The highest BCUT2D eigenvalue weighted by molar-refractivity contribution is 5.27. The van der Waals surface area contributed by atoms with E-state index in [9.17, 15) is 0 Å². The van der Waals surface area contributed by atoms with Gasteiger partial charge in [-0.2, -0.15) is 0 Å². The van der Waals surface area contributed by atoms with E-state index in [4.69, 9.17) is 4.42 Å². The maximum Gasteiger partial charge on any atom is 0.318 e. The number of nitrogens with one attached hydrogen (secondary N) is 1. The third-order valence-corrected chi connectivity index (χ3v) is 3.78. The molecule has 0 amide bonds. The van der Waals surface area contributed by atoms with E-state index in [1.807, 2.05) is 0 Å². The summed E-state index contributed by atoms with van der Waals surface area (Å²) in [5, 5.41) is 11.7. The molecule has 2 rings (SSSR count). The predicted octanol–water partition coefficient (Wildman–Crippen LogP) is 1.49. The number of aromatic nitrogens is 2. The van der Waals surface area contributed by atoms with Gasteiger partial charge in [0, 0.05) is 19.1 Å². The minimum atomic E-state index is 0.458. The number of likely N-dealkylation sites (N-methyl/N-ethyl adjacent to an activating group) is 1. The van der Waals surface area contributed by atoms with Crippen LogP contribution in [-0.4, -0.2) is 54.4 Å². The number of nitrogens with zero attached hydrogens (tertiary/aromatic N) is 4. The second kappa shape index (κ2) is 7.59. The Morgan fingerprint density at radius 1 is 1.30 bits per heavy atom. The molecule has 1 fully saturated rings. The Labute approximate surface area is 121 Å². The second-order valence-corrected chi connectivity index (χ2v) is 5.53. The molecule has 0 saturated carbocycles. The number of rotatable bonds is 6. The molecule has 1 aliphatic heterocycles. The van der Waals surface area contributed by atoms with E-state index in [2.05, 4.69) is 46.2 Å². The Morgan fingerprint density at radius 2 is 2.15 bits per heavy atom. The lowest BCUT2D eigenvalue weighted by atomic mass is 10.2. The van der Waals surface area contributed by atoms with Gasteiger partial charge in [0.25, 0.3) is 0 Å². The zero-order valence-electron chi connectivity index (χ0n) is 12.9. The molecule has 0 aliphatic carbocycles. The summed E-state index contributed by atoms with van der Waals surface area (Å²) in [5.41, 5.74) is 0. The molecule has 1 saturated heterocycles.